The summed E-state index contributed by atoms with van der Waals surface area (Å²) in [6, 6.07) is 10.5. The van der Waals surface area contributed by atoms with Gasteiger partial charge in [0.25, 0.3) is 0 Å². The Balaban J connectivity index is 2.23. The van der Waals surface area contributed by atoms with Crippen LogP contribution in [0.1, 0.15) is 23.4 Å². The van der Waals surface area contributed by atoms with E-state index in [-0.39, 0.29) is 0 Å². The molecule has 0 saturated carbocycles. The standard InChI is InChI=1S/C14H14Br2ClNS/c1-2-18-13(8-10-4-6-14(16)19-10)11-5-3-9(17)7-12(11)15/h3-7,13,18H,2,8H2,1H3. The van der Waals surface area contributed by atoms with E-state index in [0.717, 1.165) is 22.5 Å². The average Bonchev–Trinajstić information content (AvgIpc) is 2.74. The van der Waals surface area contributed by atoms with E-state index in [1.807, 2.05) is 12.1 Å². The number of halogens is 3. The van der Waals surface area contributed by atoms with Crippen LogP contribution < -0.4 is 5.32 Å². The maximum absolute atomic E-state index is 6.01. The van der Waals surface area contributed by atoms with Gasteiger partial charge < -0.3 is 5.32 Å². The molecule has 19 heavy (non-hydrogen) atoms. The van der Waals surface area contributed by atoms with Gasteiger partial charge in [0.05, 0.1) is 3.79 Å². The van der Waals surface area contributed by atoms with Crippen LogP contribution in [0.3, 0.4) is 0 Å². The van der Waals surface area contributed by atoms with Crippen molar-refractivity contribution in [3.63, 3.8) is 0 Å². The van der Waals surface area contributed by atoms with Gasteiger partial charge in [-0.25, -0.2) is 0 Å². The van der Waals surface area contributed by atoms with Gasteiger partial charge in [-0.1, -0.05) is 40.5 Å². The summed E-state index contributed by atoms with van der Waals surface area (Å²) in [6.45, 7) is 3.06. The van der Waals surface area contributed by atoms with Crippen molar-refractivity contribution in [1.29, 1.82) is 0 Å². The van der Waals surface area contributed by atoms with Crippen LogP contribution in [0.4, 0.5) is 0 Å². The van der Waals surface area contributed by atoms with Crippen LogP contribution in [0, 0.1) is 0 Å². The lowest BCUT2D eigenvalue weighted by atomic mass is 10.0. The Morgan fingerprint density at radius 1 is 1.26 bits per heavy atom. The Kier molecular flexibility index (Phi) is 5.90. The number of nitrogens with one attached hydrogen (secondary N) is 1. The van der Waals surface area contributed by atoms with E-state index < -0.39 is 0 Å². The van der Waals surface area contributed by atoms with Crippen LogP contribution in [0.25, 0.3) is 0 Å². The molecule has 0 saturated heterocycles. The third-order valence-electron chi connectivity index (χ3n) is 2.82. The van der Waals surface area contributed by atoms with Crippen LogP contribution in [0.2, 0.25) is 5.02 Å². The van der Waals surface area contributed by atoms with Crippen molar-refractivity contribution in [1.82, 2.24) is 5.32 Å². The summed E-state index contributed by atoms with van der Waals surface area (Å²) in [6.07, 6.45) is 0.977. The molecule has 2 aromatic rings. The van der Waals surface area contributed by atoms with Crippen molar-refractivity contribution in [2.75, 3.05) is 6.54 Å². The maximum atomic E-state index is 6.01. The Morgan fingerprint density at radius 2 is 2.05 bits per heavy atom. The summed E-state index contributed by atoms with van der Waals surface area (Å²) >= 11 is 14.9. The van der Waals surface area contributed by atoms with Crippen molar-refractivity contribution < 1.29 is 0 Å². The van der Waals surface area contributed by atoms with E-state index in [4.69, 9.17) is 11.6 Å². The Bertz CT molecular complexity index is 556. The fourth-order valence-corrected chi connectivity index (χ4v) is 4.47. The van der Waals surface area contributed by atoms with Gasteiger partial charge in [0.1, 0.15) is 0 Å². The average molecular weight is 424 g/mol. The monoisotopic (exact) mass is 421 g/mol. The molecule has 1 N–H and O–H groups in total. The Morgan fingerprint density at radius 3 is 2.63 bits per heavy atom. The second kappa shape index (κ2) is 7.23. The SMILES string of the molecule is CCNC(Cc1ccc(Br)s1)c1ccc(Cl)cc1Br. The summed E-state index contributed by atoms with van der Waals surface area (Å²) in [4.78, 5) is 1.36. The van der Waals surface area contributed by atoms with Crippen LogP contribution in [-0.2, 0) is 6.42 Å². The van der Waals surface area contributed by atoms with Crippen LogP contribution in [0.5, 0.6) is 0 Å². The molecule has 0 fully saturated rings. The number of hydrogen-bond acceptors (Lipinski definition) is 2. The quantitative estimate of drug-likeness (QED) is 0.639. The first-order valence-electron chi connectivity index (χ1n) is 6.02. The smallest absolute Gasteiger partial charge is 0.0701 e. The number of benzene rings is 1. The van der Waals surface area contributed by atoms with Crippen molar-refractivity contribution in [2.45, 2.75) is 19.4 Å². The molecule has 0 amide bonds. The molecule has 0 bridgehead atoms. The van der Waals surface area contributed by atoms with Gasteiger partial charge in [0.2, 0.25) is 0 Å². The predicted octanol–water partition coefficient (Wildman–Crippen LogP) is 5.82. The second-order valence-electron chi connectivity index (χ2n) is 4.19. The third-order valence-corrected chi connectivity index (χ3v) is 5.39. The maximum Gasteiger partial charge on any atom is 0.0701 e. The van der Waals surface area contributed by atoms with Crippen LogP contribution >= 0.6 is 54.8 Å². The highest BCUT2D eigenvalue weighted by Crippen LogP contribution is 2.31. The molecule has 1 atom stereocenters. The van der Waals surface area contributed by atoms with Gasteiger partial charge >= 0.3 is 0 Å². The molecule has 2 rings (SSSR count). The van der Waals surface area contributed by atoms with E-state index in [1.165, 1.54) is 14.2 Å². The highest BCUT2D eigenvalue weighted by atomic mass is 79.9. The minimum Gasteiger partial charge on any atom is -0.310 e. The molecular weight excluding hydrogens is 409 g/mol. The number of hydrogen-bond donors (Lipinski definition) is 1. The van der Waals surface area contributed by atoms with E-state index in [9.17, 15) is 0 Å². The molecule has 0 radical (unpaired) electrons. The minimum atomic E-state index is 0.294. The molecular formula is C14H14Br2ClNS. The van der Waals surface area contributed by atoms with Crippen molar-refractivity contribution in [3.05, 3.63) is 54.1 Å². The molecule has 1 aromatic heterocycles. The lowest BCUT2D eigenvalue weighted by Gasteiger charge is -2.19. The molecule has 5 heteroatoms. The largest absolute Gasteiger partial charge is 0.310 e. The molecule has 102 valence electrons. The van der Waals surface area contributed by atoms with E-state index >= 15 is 0 Å². The summed E-state index contributed by atoms with van der Waals surface area (Å²) in [7, 11) is 0. The first-order valence-corrected chi connectivity index (χ1v) is 8.80. The molecule has 0 aliphatic heterocycles. The highest BCUT2D eigenvalue weighted by Gasteiger charge is 2.15. The van der Waals surface area contributed by atoms with Gasteiger partial charge in [-0.3, -0.25) is 0 Å². The zero-order chi connectivity index (χ0) is 13.8. The van der Waals surface area contributed by atoms with Gasteiger partial charge in [0.15, 0.2) is 0 Å². The number of thiophene rings is 1. The molecule has 0 spiro atoms. The zero-order valence-corrected chi connectivity index (χ0v) is 15.2. The van der Waals surface area contributed by atoms with Crippen LogP contribution in [0.15, 0.2) is 38.6 Å². The highest BCUT2D eigenvalue weighted by molar-refractivity contribution is 9.11. The van der Waals surface area contributed by atoms with Crippen molar-refractivity contribution in [3.8, 4) is 0 Å². The molecule has 0 aliphatic rings. The van der Waals surface area contributed by atoms with E-state index in [1.54, 1.807) is 11.3 Å². The van der Waals surface area contributed by atoms with Gasteiger partial charge in [0, 0.05) is 26.8 Å². The molecule has 1 aromatic carbocycles. The first-order chi connectivity index (χ1) is 9.10. The minimum absolute atomic E-state index is 0.294. The molecule has 0 aliphatic carbocycles. The number of likely N-dealkylation sites (N-methyl/N-ethyl adjacent to an activating group) is 1. The second-order valence-corrected chi connectivity index (χ2v) is 8.02. The van der Waals surface area contributed by atoms with Crippen molar-refractivity contribution in [2.24, 2.45) is 0 Å². The van der Waals surface area contributed by atoms with E-state index in [0.29, 0.717) is 6.04 Å². The lowest BCUT2D eigenvalue weighted by molar-refractivity contribution is 0.551. The number of rotatable bonds is 5. The molecule has 1 nitrogen and oxygen atoms in total. The summed E-state index contributed by atoms with van der Waals surface area (Å²) in [5.74, 6) is 0. The summed E-state index contributed by atoms with van der Waals surface area (Å²) < 4.78 is 2.23. The molecule has 1 unspecified atom stereocenters. The van der Waals surface area contributed by atoms with E-state index in [2.05, 4.69) is 62.3 Å². The fraction of sp³-hybridized carbons (Fsp3) is 0.286. The third kappa shape index (κ3) is 4.30. The van der Waals surface area contributed by atoms with Gasteiger partial charge in [-0.15, -0.1) is 11.3 Å². The van der Waals surface area contributed by atoms with Crippen molar-refractivity contribution >= 4 is 54.8 Å². The Labute approximate surface area is 139 Å². The zero-order valence-electron chi connectivity index (χ0n) is 10.4. The lowest BCUT2D eigenvalue weighted by Crippen LogP contribution is -2.23. The normalized spacial score (nSPS) is 12.6. The summed E-state index contributed by atoms with van der Waals surface area (Å²) in [5, 5.41) is 4.29. The Hall–Kier alpha value is 0.130. The van der Waals surface area contributed by atoms with Crippen LogP contribution in [-0.4, -0.2) is 6.54 Å². The van der Waals surface area contributed by atoms with Gasteiger partial charge in [-0.05, 0) is 52.3 Å². The first kappa shape index (κ1) is 15.5. The molecule has 1 heterocycles. The predicted molar refractivity (Wildman–Crippen MR) is 91.3 cm³/mol. The topological polar surface area (TPSA) is 12.0 Å². The fourth-order valence-electron chi connectivity index (χ4n) is 1.99. The van der Waals surface area contributed by atoms with Gasteiger partial charge in [-0.2, -0.15) is 0 Å². The summed E-state index contributed by atoms with van der Waals surface area (Å²) in [5.41, 5.74) is 1.25.